The van der Waals surface area contributed by atoms with Crippen molar-refractivity contribution in [2.24, 2.45) is 0 Å². The maximum atomic E-state index is 13.1. The van der Waals surface area contributed by atoms with Gasteiger partial charge in [0, 0.05) is 11.4 Å². The number of halogens is 1. The standard InChI is InChI=1S/C21H20ClNO5/c1-21(12-13-7-3-4-8-14(13)19(25)28-21)20(26)23-17(11-18(24)27-2)15-9-5-6-10-16(15)22/h3-10,17H,11-12H2,1-2H3,(H,23,26). The van der Waals surface area contributed by atoms with E-state index in [1.54, 1.807) is 55.5 Å². The predicted octanol–water partition coefficient (Wildman–Crippen LogP) is 3.23. The van der Waals surface area contributed by atoms with Crippen LogP contribution in [0.5, 0.6) is 0 Å². The minimum Gasteiger partial charge on any atom is -0.469 e. The van der Waals surface area contributed by atoms with Gasteiger partial charge in [0.25, 0.3) is 5.91 Å². The van der Waals surface area contributed by atoms with Crippen LogP contribution in [0.15, 0.2) is 48.5 Å². The van der Waals surface area contributed by atoms with Gasteiger partial charge in [-0.1, -0.05) is 48.0 Å². The molecule has 2 unspecified atom stereocenters. The topological polar surface area (TPSA) is 81.7 Å². The van der Waals surface area contributed by atoms with Crippen molar-refractivity contribution < 1.29 is 23.9 Å². The summed E-state index contributed by atoms with van der Waals surface area (Å²) in [5, 5.41) is 3.21. The Kier molecular flexibility index (Phi) is 5.70. The van der Waals surface area contributed by atoms with Crippen LogP contribution in [0.25, 0.3) is 0 Å². The minimum absolute atomic E-state index is 0.105. The Labute approximate surface area is 167 Å². The number of carbonyl (C=O) groups is 3. The fourth-order valence-corrected chi connectivity index (χ4v) is 3.48. The smallest absolute Gasteiger partial charge is 0.339 e. The molecule has 0 aromatic heterocycles. The van der Waals surface area contributed by atoms with Crippen molar-refractivity contribution in [1.82, 2.24) is 5.32 Å². The van der Waals surface area contributed by atoms with Crippen molar-refractivity contribution in [1.29, 1.82) is 0 Å². The molecule has 1 N–H and O–H groups in total. The molecule has 2 aromatic rings. The van der Waals surface area contributed by atoms with Gasteiger partial charge in [0.15, 0.2) is 5.60 Å². The van der Waals surface area contributed by atoms with Crippen LogP contribution in [0.2, 0.25) is 5.02 Å². The molecular formula is C21H20ClNO5. The molecule has 1 aliphatic rings. The van der Waals surface area contributed by atoms with Crippen molar-refractivity contribution in [2.75, 3.05) is 7.11 Å². The van der Waals surface area contributed by atoms with Crippen LogP contribution < -0.4 is 5.32 Å². The molecule has 6 nitrogen and oxygen atoms in total. The van der Waals surface area contributed by atoms with E-state index < -0.39 is 29.5 Å². The van der Waals surface area contributed by atoms with Gasteiger partial charge in [-0.3, -0.25) is 9.59 Å². The number of rotatable bonds is 5. The number of hydrogen-bond acceptors (Lipinski definition) is 5. The second-order valence-electron chi connectivity index (χ2n) is 6.78. The van der Waals surface area contributed by atoms with Crippen LogP contribution in [0, 0.1) is 0 Å². The SMILES string of the molecule is COC(=O)CC(NC(=O)C1(C)Cc2ccccc2C(=O)O1)c1ccccc1Cl. The Bertz CT molecular complexity index is 929. The third kappa shape index (κ3) is 4.02. The molecular weight excluding hydrogens is 382 g/mol. The predicted molar refractivity (Wildman–Crippen MR) is 103 cm³/mol. The Hall–Kier alpha value is -2.86. The lowest BCUT2D eigenvalue weighted by Gasteiger charge is -2.34. The lowest BCUT2D eigenvalue weighted by Crippen LogP contribution is -2.52. The maximum Gasteiger partial charge on any atom is 0.339 e. The van der Waals surface area contributed by atoms with Gasteiger partial charge in [0.1, 0.15) is 0 Å². The average Bonchev–Trinajstić information content (AvgIpc) is 2.67. The summed E-state index contributed by atoms with van der Waals surface area (Å²) in [6, 6.07) is 13.2. The van der Waals surface area contributed by atoms with Crippen molar-refractivity contribution in [2.45, 2.75) is 31.4 Å². The number of carbonyl (C=O) groups excluding carboxylic acids is 3. The molecule has 2 aromatic carbocycles. The summed E-state index contributed by atoms with van der Waals surface area (Å²) in [6.07, 6.45) is 0.126. The number of cyclic esters (lactones) is 1. The Morgan fingerprint density at radius 2 is 1.89 bits per heavy atom. The zero-order chi connectivity index (χ0) is 20.3. The van der Waals surface area contributed by atoms with Crippen LogP contribution in [-0.2, 0) is 25.5 Å². The summed E-state index contributed by atoms with van der Waals surface area (Å²) in [4.78, 5) is 37.3. The van der Waals surface area contributed by atoms with E-state index in [0.29, 0.717) is 16.1 Å². The number of benzene rings is 2. The van der Waals surface area contributed by atoms with Crippen molar-refractivity contribution in [3.05, 3.63) is 70.2 Å². The van der Waals surface area contributed by atoms with Crippen molar-refractivity contribution >= 4 is 29.4 Å². The summed E-state index contributed by atoms with van der Waals surface area (Å²) in [5.74, 6) is -1.56. The molecule has 0 fully saturated rings. The number of fused-ring (bicyclic) bond motifs is 1. The molecule has 0 spiro atoms. The zero-order valence-corrected chi connectivity index (χ0v) is 16.3. The molecule has 146 valence electrons. The Balaban J connectivity index is 1.87. The van der Waals surface area contributed by atoms with Gasteiger partial charge in [0.05, 0.1) is 25.1 Å². The van der Waals surface area contributed by atoms with Gasteiger partial charge in [-0.15, -0.1) is 0 Å². The molecule has 28 heavy (non-hydrogen) atoms. The fourth-order valence-electron chi connectivity index (χ4n) is 3.22. The highest BCUT2D eigenvalue weighted by molar-refractivity contribution is 6.31. The van der Waals surface area contributed by atoms with E-state index in [0.717, 1.165) is 5.56 Å². The first kappa shape index (κ1) is 19.9. The van der Waals surface area contributed by atoms with E-state index in [9.17, 15) is 14.4 Å². The minimum atomic E-state index is -1.40. The van der Waals surface area contributed by atoms with Crippen LogP contribution in [0.1, 0.15) is 40.9 Å². The van der Waals surface area contributed by atoms with E-state index >= 15 is 0 Å². The summed E-state index contributed by atoms with van der Waals surface area (Å²) in [7, 11) is 1.27. The normalized spacial score (nSPS) is 19.2. The van der Waals surface area contributed by atoms with Gasteiger partial charge in [0.2, 0.25) is 0 Å². The monoisotopic (exact) mass is 401 g/mol. The quantitative estimate of drug-likeness (QED) is 0.778. The summed E-state index contributed by atoms with van der Waals surface area (Å²) >= 11 is 6.25. The second-order valence-corrected chi connectivity index (χ2v) is 7.19. The molecule has 1 aliphatic heterocycles. The molecule has 0 aliphatic carbocycles. The third-order valence-electron chi connectivity index (χ3n) is 4.75. The highest BCUT2D eigenvalue weighted by atomic mass is 35.5. The molecule has 0 saturated heterocycles. The number of esters is 2. The van der Waals surface area contributed by atoms with Crippen molar-refractivity contribution in [3.8, 4) is 0 Å². The van der Waals surface area contributed by atoms with E-state index in [-0.39, 0.29) is 12.8 Å². The van der Waals surface area contributed by atoms with Gasteiger partial charge in [-0.05, 0) is 30.2 Å². The number of nitrogens with one attached hydrogen (secondary N) is 1. The molecule has 7 heteroatoms. The number of hydrogen-bond donors (Lipinski definition) is 1. The summed E-state index contributed by atoms with van der Waals surface area (Å²) < 4.78 is 10.2. The zero-order valence-electron chi connectivity index (χ0n) is 15.5. The van der Waals surface area contributed by atoms with Gasteiger partial charge >= 0.3 is 11.9 Å². The molecule has 1 amide bonds. The van der Waals surface area contributed by atoms with Gasteiger partial charge in [-0.25, -0.2) is 4.79 Å². The number of methoxy groups -OCH3 is 1. The fraction of sp³-hybridized carbons (Fsp3) is 0.286. The van der Waals surface area contributed by atoms with E-state index in [1.807, 2.05) is 0 Å². The third-order valence-corrected chi connectivity index (χ3v) is 5.09. The number of amides is 1. The van der Waals surface area contributed by atoms with Crippen LogP contribution >= 0.6 is 11.6 Å². The van der Waals surface area contributed by atoms with Gasteiger partial charge in [-0.2, -0.15) is 0 Å². The second kappa shape index (κ2) is 8.02. The first-order chi connectivity index (χ1) is 13.3. The molecule has 1 heterocycles. The largest absolute Gasteiger partial charge is 0.469 e. The Morgan fingerprint density at radius 3 is 2.61 bits per heavy atom. The van der Waals surface area contributed by atoms with E-state index in [4.69, 9.17) is 21.1 Å². The van der Waals surface area contributed by atoms with Gasteiger partial charge < -0.3 is 14.8 Å². The molecule has 0 bridgehead atoms. The van der Waals surface area contributed by atoms with Crippen LogP contribution in [0.4, 0.5) is 0 Å². The lowest BCUT2D eigenvalue weighted by molar-refractivity contribution is -0.143. The first-order valence-electron chi connectivity index (χ1n) is 8.77. The average molecular weight is 402 g/mol. The molecule has 0 radical (unpaired) electrons. The molecule has 2 atom stereocenters. The van der Waals surface area contributed by atoms with Crippen LogP contribution in [0.3, 0.4) is 0 Å². The highest BCUT2D eigenvalue weighted by Crippen LogP contribution is 2.31. The van der Waals surface area contributed by atoms with E-state index in [1.165, 1.54) is 7.11 Å². The summed E-state index contributed by atoms with van der Waals surface area (Å²) in [5.41, 5.74) is 0.360. The lowest BCUT2D eigenvalue weighted by atomic mass is 9.88. The molecule has 3 rings (SSSR count). The highest BCUT2D eigenvalue weighted by Gasteiger charge is 2.43. The van der Waals surface area contributed by atoms with Crippen molar-refractivity contribution in [3.63, 3.8) is 0 Å². The van der Waals surface area contributed by atoms with Crippen LogP contribution in [-0.4, -0.2) is 30.6 Å². The summed E-state index contributed by atoms with van der Waals surface area (Å²) in [6.45, 7) is 1.55. The Morgan fingerprint density at radius 1 is 1.21 bits per heavy atom. The van der Waals surface area contributed by atoms with E-state index in [2.05, 4.69) is 5.32 Å². The first-order valence-corrected chi connectivity index (χ1v) is 9.15. The number of ether oxygens (including phenoxy) is 2. The maximum absolute atomic E-state index is 13.1. The molecule has 0 saturated carbocycles.